The minimum absolute atomic E-state index is 0.0575. The van der Waals surface area contributed by atoms with Gasteiger partial charge in [-0.2, -0.15) is 0 Å². The van der Waals surface area contributed by atoms with Gasteiger partial charge in [0, 0.05) is 31.7 Å². The average Bonchev–Trinajstić information content (AvgIpc) is 3.15. The van der Waals surface area contributed by atoms with Gasteiger partial charge in [-0.15, -0.1) is 0 Å². The zero-order valence-corrected chi connectivity index (χ0v) is 20.6. The number of nitrogens with one attached hydrogen (secondary N) is 2. The number of carbonyl (C=O) groups excluding carboxylic acids is 2. The molecule has 4 rings (SSSR count). The maximum atomic E-state index is 13.0. The second-order valence-electron chi connectivity index (χ2n) is 10.5. The molecule has 2 aromatic carbocycles. The fourth-order valence-electron chi connectivity index (χ4n) is 4.46. The van der Waals surface area contributed by atoms with Gasteiger partial charge < -0.3 is 14.8 Å². The highest BCUT2D eigenvalue weighted by atomic mass is 16.2. The van der Waals surface area contributed by atoms with Crippen LogP contribution in [0.5, 0.6) is 0 Å². The number of piperidine rings is 1. The number of rotatable bonds is 7. The van der Waals surface area contributed by atoms with Gasteiger partial charge in [-0.05, 0) is 55.0 Å². The minimum atomic E-state index is -0.188. The number of benzene rings is 2. The normalized spacial score (nSPS) is 16.6. The van der Waals surface area contributed by atoms with Crippen LogP contribution in [-0.2, 0) is 11.3 Å². The van der Waals surface area contributed by atoms with Crippen LogP contribution >= 0.6 is 0 Å². The van der Waals surface area contributed by atoms with Gasteiger partial charge in [-0.25, -0.2) is 4.98 Å². The van der Waals surface area contributed by atoms with Crippen LogP contribution in [0.2, 0.25) is 0 Å². The minimum Gasteiger partial charge on any atom is -0.343 e. The first-order chi connectivity index (χ1) is 16.2. The zero-order chi connectivity index (χ0) is 24.3. The van der Waals surface area contributed by atoms with Crippen molar-refractivity contribution in [3.8, 4) is 0 Å². The molecule has 1 atom stereocenters. The number of nitrogens with zero attached hydrogens (tertiary/aromatic N) is 3. The topological polar surface area (TPSA) is 79.3 Å². The third kappa shape index (κ3) is 5.65. The van der Waals surface area contributed by atoms with Gasteiger partial charge >= 0.3 is 0 Å². The van der Waals surface area contributed by atoms with Gasteiger partial charge in [0.25, 0.3) is 5.91 Å². The van der Waals surface area contributed by atoms with Crippen LogP contribution in [0.25, 0.3) is 11.0 Å². The van der Waals surface area contributed by atoms with Gasteiger partial charge in [0.05, 0.1) is 17.1 Å². The lowest BCUT2D eigenvalue weighted by atomic mass is 9.97. The first kappa shape index (κ1) is 24.0. The Hall–Kier alpha value is -3.19. The predicted octanol–water partition coefficient (Wildman–Crippen LogP) is 4.53. The molecular weight excluding hydrogens is 426 g/mol. The summed E-state index contributed by atoms with van der Waals surface area (Å²) >= 11 is 0. The van der Waals surface area contributed by atoms with E-state index in [1.165, 1.54) is 0 Å². The van der Waals surface area contributed by atoms with Crippen molar-refractivity contribution < 1.29 is 9.59 Å². The molecule has 7 heteroatoms. The number of hydrogen-bond donors (Lipinski definition) is 2. The summed E-state index contributed by atoms with van der Waals surface area (Å²) in [7, 11) is 0. The zero-order valence-electron chi connectivity index (χ0n) is 20.6. The highest BCUT2D eigenvalue weighted by molar-refractivity contribution is 6.04. The maximum absolute atomic E-state index is 13.0. The Morgan fingerprint density at radius 3 is 2.65 bits per heavy atom. The van der Waals surface area contributed by atoms with E-state index < -0.39 is 0 Å². The molecule has 1 saturated heterocycles. The molecule has 34 heavy (non-hydrogen) atoms. The quantitative estimate of drug-likeness (QED) is 0.507. The molecule has 2 amide bonds. The molecule has 7 nitrogen and oxygen atoms in total. The molecule has 0 saturated carbocycles. The second kappa shape index (κ2) is 9.97. The number of aryl methyl sites for hydroxylation is 1. The smallest absolute Gasteiger partial charge is 0.257 e. The Morgan fingerprint density at radius 1 is 1.18 bits per heavy atom. The summed E-state index contributed by atoms with van der Waals surface area (Å²) in [6.07, 6.45) is 2.76. The van der Waals surface area contributed by atoms with Crippen LogP contribution in [-0.4, -0.2) is 46.4 Å². The van der Waals surface area contributed by atoms with E-state index in [2.05, 4.69) is 54.2 Å². The monoisotopic (exact) mass is 461 g/mol. The number of carbonyl (C=O) groups is 2. The number of fused-ring (bicyclic) bond motifs is 1. The van der Waals surface area contributed by atoms with Crippen LogP contribution in [0.4, 0.5) is 5.95 Å². The number of likely N-dealkylation sites (tertiary alicyclic amines) is 1. The Bertz CT molecular complexity index is 1160. The van der Waals surface area contributed by atoms with Crippen molar-refractivity contribution in [2.24, 2.45) is 5.41 Å². The average molecular weight is 462 g/mol. The Kier molecular flexibility index (Phi) is 7.03. The molecule has 0 aliphatic carbocycles. The standard InChI is InChI=1S/C27H35N5O2/c1-19-7-10-21(11-8-19)25(34)30-26-29-23-14-20(15-28-17-27(2,3)4)9-12-24(23)32(26)22-6-5-13-31(16-22)18-33/h7-12,14,18,22,28H,5-6,13,15-17H2,1-4H3,(H,29,30,34). The van der Waals surface area contributed by atoms with Crippen LogP contribution in [0.1, 0.15) is 61.1 Å². The molecule has 1 fully saturated rings. The van der Waals surface area contributed by atoms with Crippen molar-refractivity contribution in [2.75, 3.05) is 25.0 Å². The summed E-state index contributed by atoms with van der Waals surface area (Å²) in [5.41, 5.74) is 4.87. The van der Waals surface area contributed by atoms with Crippen LogP contribution in [0.15, 0.2) is 42.5 Å². The van der Waals surface area contributed by atoms with Crippen molar-refractivity contribution in [3.63, 3.8) is 0 Å². The van der Waals surface area contributed by atoms with Crippen molar-refractivity contribution in [1.29, 1.82) is 0 Å². The number of aromatic nitrogens is 2. The van der Waals surface area contributed by atoms with E-state index in [4.69, 9.17) is 4.98 Å². The number of amides is 2. The summed E-state index contributed by atoms with van der Waals surface area (Å²) in [5, 5.41) is 6.55. The molecule has 1 aliphatic heterocycles. The third-order valence-electron chi connectivity index (χ3n) is 6.22. The number of imidazole rings is 1. The largest absolute Gasteiger partial charge is 0.343 e. The molecule has 2 N–H and O–H groups in total. The van der Waals surface area contributed by atoms with Gasteiger partial charge in [-0.3, -0.25) is 14.9 Å². The van der Waals surface area contributed by atoms with E-state index in [1.54, 1.807) is 4.90 Å². The van der Waals surface area contributed by atoms with E-state index in [0.29, 0.717) is 18.1 Å². The predicted molar refractivity (Wildman–Crippen MR) is 136 cm³/mol. The molecule has 1 aromatic heterocycles. The van der Waals surface area contributed by atoms with Crippen LogP contribution < -0.4 is 10.6 Å². The van der Waals surface area contributed by atoms with E-state index in [9.17, 15) is 9.59 Å². The van der Waals surface area contributed by atoms with Crippen molar-refractivity contribution >= 4 is 29.3 Å². The van der Waals surface area contributed by atoms with Crippen molar-refractivity contribution in [1.82, 2.24) is 19.8 Å². The van der Waals surface area contributed by atoms with Crippen LogP contribution in [0, 0.1) is 12.3 Å². The van der Waals surface area contributed by atoms with Gasteiger partial charge in [0.2, 0.25) is 12.4 Å². The van der Waals surface area contributed by atoms with Gasteiger partial charge in [0.1, 0.15) is 0 Å². The number of hydrogen-bond acceptors (Lipinski definition) is 4. The molecule has 0 radical (unpaired) electrons. The summed E-state index contributed by atoms with van der Waals surface area (Å²) < 4.78 is 2.10. The molecular formula is C27H35N5O2. The molecule has 1 unspecified atom stereocenters. The maximum Gasteiger partial charge on any atom is 0.257 e. The fraction of sp³-hybridized carbons (Fsp3) is 0.444. The van der Waals surface area contributed by atoms with E-state index in [-0.39, 0.29) is 17.4 Å². The molecule has 180 valence electrons. The molecule has 1 aliphatic rings. The highest BCUT2D eigenvalue weighted by Gasteiger charge is 2.26. The first-order valence-electron chi connectivity index (χ1n) is 12.0. The highest BCUT2D eigenvalue weighted by Crippen LogP contribution is 2.31. The first-order valence-corrected chi connectivity index (χ1v) is 12.0. The lowest BCUT2D eigenvalue weighted by Gasteiger charge is -2.32. The number of anilines is 1. The lowest BCUT2D eigenvalue weighted by Crippen LogP contribution is -2.36. The van der Waals surface area contributed by atoms with E-state index >= 15 is 0 Å². The Labute approximate surface area is 201 Å². The third-order valence-corrected chi connectivity index (χ3v) is 6.22. The Morgan fingerprint density at radius 2 is 1.94 bits per heavy atom. The molecule has 3 aromatic rings. The summed E-state index contributed by atoms with van der Waals surface area (Å²) in [6.45, 7) is 11.7. The summed E-state index contributed by atoms with van der Waals surface area (Å²) in [6, 6.07) is 13.8. The van der Waals surface area contributed by atoms with Crippen LogP contribution in [0.3, 0.4) is 0 Å². The molecule has 0 spiro atoms. The summed E-state index contributed by atoms with van der Waals surface area (Å²) in [4.78, 5) is 31.1. The van der Waals surface area contributed by atoms with Gasteiger partial charge in [0.15, 0.2) is 0 Å². The second-order valence-corrected chi connectivity index (χ2v) is 10.5. The summed E-state index contributed by atoms with van der Waals surface area (Å²) in [5.74, 6) is 0.338. The van der Waals surface area contributed by atoms with E-state index in [0.717, 1.165) is 61.0 Å². The Balaban J connectivity index is 1.65. The fourth-order valence-corrected chi connectivity index (χ4v) is 4.46. The lowest BCUT2D eigenvalue weighted by molar-refractivity contribution is -0.119. The molecule has 0 bridgehead atoms. The SMILES string of the molecule is Cc1ccc(C(=O)Nc2nc3cc(CNCC(C)(C)C)ccc3n2C2CCCN(C=O)C2)cc1. The van der Waals surface area contributed by atoms with Crippen molar-refractivity contribution in [2.45, 2.75) is 53.1 Å². The van der Waals surface area contributed by atoms with Crippen molar-refractivity contribution in [3.05, 3.63) is 59.2 Å². The van der Waals surface area contributed by atoms with Gasteiger partial charge in [-0.1, -0.05) is 44.5 Å². The van der Waals surface area contributed by atoms with E-state index in [1.807, 2.05) is 31.2 Å². The molecule has 2 heterocycles.